The molecule has 0 aliphatic heterocycles. The average molecular weight is 393 g/mol. The third-order valence-corrected chi connectivity index (χ3v) is 4.41. The Morgan fingerprint density at radius 2 is 1.97 bits per heavy atom. The van der Waals surface area contributed by atoms with Gasteiger partial charge in [0, 0.05) is 18.0 Å². The third kappa shape index (κ3) is 4.43. The zero-order chi connectivity index (χ0) is 20.4. The van der Waals surface area contributed by atoms with Crippen molar-refractivity contribution < 1.29 is 13.6 Å². The Kier molecular flexibility index (Phi) is 4.99. The molecule has 3 heterocycles. The largest absolute Gasteiger partial charge is 0.454 e. The number of halogens is 1. The molecule has 4 aromatic rings. The second kappa shape index (κ2) is 7.75. The Balaban J connectivity index is 1.39. The molecule has 0 radical (unpaired) electrons. The number of anilines is 1. The number of furan rings is 1. The lowest BCUT2D eigenvalue weighted by Crippen LogP contribution is -2.12. The monoisotopic (exact) mass is 393 g/mol. The van der Waals surface area contributed by atoms with E-state index in [-0.39, 0.29) is 17.5 Å². The molecule has 0 fully saturated rings. The van der Waals surface area contributed by atoms with E-state index in [0.29, 0.717) is 24.7 Å². The summed E-state index contributed by atoms with van der Waals surface area (Å²) in [4.78, 5) is 12.4. The molecule has 8 heteroatoms. The standard InChI is InChI=1S/C21H20FN5O2/c1-14-10-15(2)27(24-14)13-18-6-7-19(29-18)21(28)23-20-8-9-26(25-20)12-16-4-3-5-17(22)11-16/h3-11H,12-13H2,1-2H3,(H,23,25,28). The van der Waals surface area contributed by atoms with Crippen molar-refractivity contribution in [2.75, 3.05) is 5.32 Å². The molecule has 0 spiro atoms. The van der Waals surface area contributed by atoms with Crippen molar-refractivity contribution in [3.8, 4) is 0 Å². The fourth-order valence-electron chi connectivity index (χ4n) is 3.08. The molecule has 1 aromatic carbocycles. The highest BCUT2D eigenvalue weighted by molar-refractivity contribution is 6.01. The van der Waals surface area contributed by atoms with E-state index in [1.807, 2.05) is 30.7 Å². The average Bonchev–Trinajstić information content (AvgIpc) is 3.37. The lowest BCUT2D eigenvalue weighted by atomic mass is 10.2. The summed E-state index contributed by atoms with van der Waals surface area (Å²) in [6.07, 6.45) is 1.72. The summed E-state index contributed by atoms with van der Waals surface area (Å²) in [6.45, 7) is 4.75. The molecule has 0 saturated heterocycles. The smallest absolute Gasteiger partial charge is 0.292 e. The molecule has 3 aromatic heterocycles. The van der Waals surface area contributed by atoms with Gasteiger partial charge < -0.3 is 9.73 Å². The van der Waals surface area contributed by atoms with Crippen LogP contribution in [-0.2, 0) is 13.1 Å². The van der Waals surface area contributed by atoms with E-state index in [2.05, 4.69) is 15.5 Å². The first-order valence-corrected chi connectivity index (χ1v) is 9.15. The molecule has 148 valence electrons. The predicted octanol–water partition coefficient (Wildman–Crippen LogP) is 3.78. The first-order chi connectivity index (χ1) is 14.0. The third-order valence-electron chi connectivity index (χ3n) is 4.41. The summed E-state index contributed by atoms with van der Waals surface area (Å²) < 4.78 is 22.4. The highest BCUT2D eigenvalue weighted by atomic mass is 19.1. The van der Waals surface area contributed by atoms with Gasteiger partial charge in [-0.25, -0.2) is 4.39 Å². The molecular formula is C21H20FN5O2. The van der Waals surface area contributed by atoms with Crippen LogP contribution in [0.1, 0.15) is 33.3 Å². The van der Waals surface area contributed by atoms with Crippen LogP contribution in [0, 0.1) is 19.7 Å². The minimum Gasteiger partial charge on any atom is -0.454 e. The summed E-state index contributed by atoms with van der Waals surface area (Å²) in [6, 6.07) is 13.4. The van der Waals surface area contributed by atoms with E-state index >= 15 is 0 Å². The van der Waals surface area contributed by atoms with Gasteiger partial charge in [0.25, 0.3) is 5.91 Å². The molecule has 0 aliphatic rings. The number of hydrogen-bond donors (Lipinski definition) is 1. The van der Waals surface area contributed by atoms with E-state index in [4.69, 9.17) is 4.42 Å². The van der Waals surface area contributed by atoms with Gasteiger partial charge in [0.2, 0.25) is 0 Å². The molecular weight excluding hydrogens is 373 g/mol. The van der Waals surface area contributed by atoms with Crippen LogP contribution >= 0.6 is 0 Å². The minimum atomic E-state index is -0.388. The number of rotatable bonds is 6. The number of benzene rings is 1. The predicted molar refractivity (Wildman–Crippen MR) is 105 cm³/mol. The summed E-state index contributed by atoms with van der Waals surface area (Å²) >= 11 is 0. The van der Waals surface area contributed by atoms with E-state index in [1.54, 1.807) is 35.1 Å². The van der Waals surface area contributed by atoms with Crippen molar-refractivity contribution in [3.63, 3.8) is 0 Å². The molecule has 4 rings (SSSR count). The van der Waals surface area contributed by atoms with Crippen molar-refractivity contribution in [2.24, 2.45) is 0 Å². The number of hydrogen-bond acceptors (Lipinski definition) is 4. The van der Waals surface area contributed by atoms with Crippen molar-refractivity contribution in [1.29, 1.82) is 0 Å². The number of nitrogens with zero attached hydrogens (tertiary/aromatic N) is 4. The number of nitrogens with one attached hydrogen (secondary N) is 1. The van der Waals surface area contributed by atoms with Crippen LogP contribution in [-0.4, -0.2) is 25.5 Å². The van der Waals surface area contributed by atoms with Crippen molar-refractivity contribution >= 4 is 11.7 Å². The Bertz CT molecular complexity index is 1160. The fraction of sp³-hybridized carbons (Fsp3) is 0.190. The maximum atomic E-state index is 13.3. The van der Waals surface area contributed by atoms with Crippen LogP contribution < -0.4 is 5.32 Å². The summed E-state index contributed by atoms with van der Waals surface area (Å²) in [7, 11) is 0. The second-order valence-electron chi connectivity index (χ2n) is 6.83. The van der Waals surface area contributed by atoms with E-state index in [9.17, 15) is 9.18 Å². The van der Waals surface area contributed by atoms with Gasteiger partial charge in [-0.05, 0) is 49.7 Å². The Labute approximate surface area is 166 Å². The van der Waals surface area contributed by atoms with Gasteiger partial charge in [0.15, 0.2) is 11.6 Å². The summed E-state index contributed by atoms with van der Waals surface area (Å²) in [5.74, 6) is 0.542. The van der Waals surface area contributed by atoms with E-state index < -0.39 is 0 Å². The van der Waals surface area contributed by atoms with Gasteiger partial charge in [-0.2, -0.15) is 10.2 Å². The van der Waals surface area contributed by atoms with Crippen LogP contribution in [0.25, 0.3) is 0 Å². The molecule has 0 unspecified atom stereocenters. The zero-order valence-corrected chi connectivity index (χ0v) is 16.1. The van der Waals surface area contributed by atoms with Crippen LogP contribution in [0.4, 0.5) is 10.2 Å². The number of aryl methyl sites for hydroxylation is 2. The molecule has 0 saturated carbocycles. The summed E-state index contributed by atoms with van der Waals surface area (Å²) in [5, 5.41) is 11.4. The molecule has 1 amide bonds. The Hall–Kier alpha value is -3.68. The quantitative estimate of drug-likeness (QED) is 0.541. The van der Waals surface area contributed by atoms with Gasteiger partial charge in [-0.3, -0.25) is 14.2 Å². The van der Waals surface area contributed by atoms with Crippen LogP contribution in [0.2, 0.25) is 0 Å². The number of amides is 1. The van der Waals surface area contributed by atoms with Crippen molar-refractivity contribution in [2.45, 2.75) is 26.9 Å². The van der Waals surface area contributed by atoms with Crippen molar-refractivity contribution in [3.05, 3.63) is 89.0 Å². The highest BCUT2D eigenvalue weighted by Gasteiger charge is 2.14. The van der Waals surface area contributed by atoms with Gasteiger partial charge in [0.1, 0.15) is 11.6 Å². The number of carbonyl (C=O) groups excluding carboxylic acids is 1. The van der Waals surface area contributed by atoms with Gasteiger partial charge in [-0.15, -0.1) is 0 Å². The SMILES string of the molecule is Cc1cc(C)n(Cc2ccc(C(=O)Nc3ccn(Cc4cccc(F)c4)n3)o2)n1. The maximum Gasteiger partial charge on any atom is 0.292 e. The van der Waals surface area contributed by atoms with Gasteiger partial charge >= 0.3 is 0 Å². The first kappa shape index (κ1) is 18.7. The Morgan fingerprint density at radius 3 is 2.72 bits per heavy atom. The lowest BCUT2D eigenvalue weighted by molar-refractivity contribution is 0.0994. The van der Waals surface area contributed by atoms with Gasteiger partial charge in [-0.1, -0.05) is 12.1 Å². The van der Waals surface area contributed by atoms with Gasteiger partial charge in [0.05, 0.1) is 18.8 Å². The first-order valence-electron chi connectivity index (χ1n) is 9.15. The molecule has 0 bridgehead atoms. The molecule has 29 heavy (non-hydrogen) atoms. The molecule has 0 atom stereocenters. The topological polar surface area (TPSA) is 77.9 Å². The maximum absolute atomic E-state index is 13.3. The number of aromatic nitrogens is 4. The van der Waals surface area contributed by atoms with Crippen molar-refractivity contribution in [1.82, 2.24) is 19.6 Å². The summed E-state index contributed by atoms with van der Waals surface area (Å²) in [5.41, 5.74) is 2.74. The minimum absolute atomic E-state index is 0.196. The van der Waals surface area contributed by atoms with E-state index in [1.165, 1.54) is 12.1 Å². The number of carbonyl (C=O) groups is 1. The lowest BCUT2D eigenvalue weighted by Gasteiger charge is -2.03. The zero-order valence-electron chi connectivity index (χ0n) is 16.1. The Morgan fingerprint density at radius 1 is 1.10 bits per heavy atom. The molecule has 7 nitrogen and oxygen atoms in total. The fourth-order valence-corrected chi connectivity index (χ4v) is 3.08. The van der Waals surface area contributed by atoms with Crippen LogP contribution in [0.5, 0.6) is 0 Å². The van der Waals surface area contributed by atoms with E-state index in [0.717, 1.165) is 17.0 Å². The normalized spacial score (nSPS) is 11.0. The second-order valence-corrected chi connectivity index (χ2v) is 6.83. The van der Waals surface area contributed by atoms with Crippen LogP contribution in [0.15, 0.2) is 59.1 Å². The van der Waals surface area contributed by atoms with Crippen LogP contribution in [0.3, 0.4) is 0 Å². The molecule has 0 aliphatic carbocycles. The molecule has 1 N–H and O–H groups in total. The highest BCUT2D eigenvalue weighted by Crippen LogP contribution is 2.14.